The average Bonchev–Trinajstić information content (AvgIpc) is 2.28. The molecule has 0 unspecified atom stereocenters. The predicted octanol–water partition coefficient (Wildman–Crippen LogP) is 3.38. The minimum Gasteiger partial charge on any atom is -0.508 e. The van der Waals surface area contributed by atoms with Crippen LogP contribution in [0.2, 0.25) is 0 Å². The molecule has 2 aromatic rings. The van der Waals surface area contributed by atoms with Crippen LogP contribution in [-0.2, 0) is 12.8 Å². The van der Waals surface area contributed by atoms with Gasteiger partial charge in [0.25, 0.3) is 0 Å². The van der Waals surface area contributed by atoms with E-state index in [0.717, 1.165) is 34.7 Å². The van der Waals surface area contributed by atoms with E-state index in [0.29, 0.717) is 5.75 Å². The maximum atomic E-state index is 9.93. The summed E-state index contributed by atoms with van der Waals surface area (Å²) < 4.78 is 0. The van der Waals surface area contributed by atoms with Crippen molar-refractivity contribution in [2.75, 3.05) is 0 Å². The Bertz CT molecular complexity index is 530. The van der Waals surface area contributed by atoms with Crippen LogP contribution in [-0.4, -0.2) is 10.2 Å². The summed E-state index contributed by atoms with van der Waals surface area (Å²) in [6, 6.07) is 7.02. The third-order valence-electron chi connectivity index (χ3n) is 3.03. The van der Waals surface area contributed by atoms with Crippen molar-refractivity contribution in [1.82, 2.24) is 0 Å². The summed E-state index contributed by atoms with van der Waals surface area (Å²) in [6.07, 6.45) is 1.66. The SMILES string of the molecule is CCc1c(O)cc2ccc(O)cc2c1CC. The molecule has 2 N–H and O–H groups in total. The molecule has 0 aliphatic heterocycles. The fourth-order valence-corrected chi connectivity index (χ4v) is 2.28. The minimum atomic E-state index is 0.273. The smallest absolute Gasteiger partial charge is 0.119 e. The minimum absolute atomic E-state index is 0.273. The lowest BCUT2D eigenvalue weighted by atomic mass is 9.94. The van der Waals surface area contributed by atoms with Crippen molar-refractivity contribution in [3.8, 4) is 11.5 Å². The summed E-state index contributed by atoms with van der Waals surface area (Å²) in [5, 5.41) is 21.5. The molecule has 0 saturated carbocycles. The molecule has 0 spiro atoms. The van der Waals surface area contributed by atoms with Gasteiger partial charge < -0.3 is 10.2 Å². The second-order valence-corrected chi connectivity index (χ2v) is 3.97. The molecule has 0 aromatic heterocycles. The zero-order valence-electron chi connectivity index (χ0n) is 9.62. The number of hydrogen-bond donors (Lipinski definition) is 2. The van der Waals surface area contributed by atoms with Gasteiger partial charge in [0, 0.05) is 0 Å². The van der Waals surface area contributed by atoms with E-state index in [9.17, 15) is 10.2 Å². The molecule has 16 heavy (non-hydrogen) atoms. The van der Waals surface area contributed by atoms with E-state index in [-0.39, 0.29) is 5.75 Å². The number of hydrogen-bond acceptors (Lipinski definition) is 2. The lowest BCUT2D eigenvalue weighted by Gasteiger charge is -2.12. The summed E-state index contributed by atoms with van der Waals surface area (Å²) in [5.74, 6) is 0.632. The molecule has 2 heteroatoms. The van der Waals surface area contributed by atoms with E-state index >= 15 is 0 Å². The molecule has 0 atom stereocenters. The maximum Gasteiger partial charge on any atom is 0.119 e. The Morgan fingerprint density at radius 1 is 0.938 bits per heavy atom. The Kier molecular flexibility index (Phi) is 2.73. The Morgan fingerprint density at radius 3 is 2.25 bits per heavy atom. The van der Waals surface area contributed by atoms with Gasteiger partial charge in [0.2, 0.25) is 0 Å². The Hall–Kier alpha value is -1.70. The molecule has 0 heterocycles. The zero-order valence-corrected chi connectivity index (χ0v) is 9.62. The third kappa shape index (κ3) is 1.60. The number of aryl methyl sites for hydroxylation is 1. The van der Waals surface area contributed by atoms with Crippen LogP contribution in [0.4, 0.5) is 0 Å². The molecule has 2 aromatic carbocycles. The van der Waals surface area contributed by atoms with Crippen molar-refractivity contribution in [3.05, 3.63) is 35.4 Å². The predicted molar refractivity (Wildman–Crippen MR) is 66.0 cm³/mol. The fraction of sp³-hybridized carbons (Fsp3) is 0.286. The van der Waals surface area contributed by atoms with Crippen LogP contribution >= 0.6 is 0 Å². The number of phenols is 2. The molecule has 0 aliphatic carbocycles. The third-order valence-corrected chi connectivity index (χ3v) is 3.03. The Morgan fingerprint density at radius 2 is 1.62 bits per heavy atom. The quantitative estimate of drug-likeness (QED) is 0.808. The lowest BCUT2D eigenvalue weighted by molar-refractivity contribution is 0.468. The molecule has 84 valence electrons. The largest absolute Gasteiger partial charge is 0.508 e. The zero-order chi connectivity index (χ0) is 11.7. The summed E-state index contributed by atoms with van der Waals surface area (Å²) in [7, 11) is 0. The van der Waals surface area contributed by atoms with Crippen molar-refractivity contribution >= 4 is 10.8 Å². The maximum absolute atomic E-state index is 9.93. The van der Waals surface area contributed by atoms with Gasteiger partial charge in [-0.15, -0.1) is 0 Å². The van der Waals surface area contributed by atoms with Crippen LogP contribution in [0.3, 0.4) is 0 Å². The van der Waals surface area contributed by atoms with E-state index in [2.05, 4.69) is 6.92 Å². The monoisotopic (exact) mass is 216 g/mol. The fourth-order valence-electron chi connectivity index (χ4n) is 2.28. The van der Waals surface area contributed by atoms with E-state index < -0.39 is 0 Å². The number of benzene rings is 2. The first-order valence-corrected chi connectivity index (χ1v) is 5.63. The van der Waals surface area contributed by atoms with E-state index in [1.165, 1.54) is 0 Å². The number of rotatable bonds is 2. The molecule has 2 rings (SSSR count). The summed E-state index contributed by atoms with van der Waals surface area (Å²) >= 11 is 0. The van der Waals surface area contributed by atoms with Gasteiger partial charge in [-0.05, 0) is 52.9 Å². The first kappa shape index (κ1) is 10.8. The topological polar surface area (TPSA) is 40.5 Å². The highest BCUT2D eigenvalue weighted by Crippen LogP contribution is 2.32. The van der Waals surface area contributed by atoms with Crippen molar-refractivity contribution in [2.24, 2.45) is 0 Å². The second-order valence-electron chi connectivity index (χ2n) is 3.97. The second kappa shape index (κ2) is 4.05. The molecular weight excluding hydrogens is 200 g/mol. The summed E-state index contributed by atoms with van der Waals surface area (Å²) in [6.45, 7) is 4.10. The number of phenolic OH excluding ortho intramolecular Hbond substituents is 2. The number of fused-ring (bicyclic) bond motifs is 1. The van der Waals surface area contributed by atoms with Crippen LogP contribution in [0.5, 0.6) is 11.5 Å². The normalized spacial score (nSPS) is 10.9. The molecule has 0 aliphatic rings. The van der Waals surface area contributed by atoms with Gasteiger partial charge in [-0.25, -0.2) is 0 Å². The first-order valence-electron chi connectivity index (χ1n) is 5.63. The van der Waals surface area contributed by atoms with Crippen molar-refractivity contribution in [2.45, 2.75) is 26.7 Å². The standard InChI is InChI=1S/C14H16O2/c1-3-11-12(4-2)14(16)7-9-5-6-10(15)8-13(9)11/h5-8,15-16H,3-4H2,1-2H3. The highest BCUT2D eigenvalue weighted by molar-refractivity contribution is 5.89. The van der Waals surface area contributed by atoms with Crippen molar-refractivity contribution in [1.29, 1.82) is 0 Å². The molecule has 0 fully saturated rings. The first-order chi connectivity index (χ1) is 7.67. The van der Waals surface area contributed by atoms with Crippen LogP contribution < -0.4 is 0 Å². The van der Waals surface area contributed by atoms with Gasteiger partial charge in [0.15, 0.2) is 0 Å². The van der Waals surface area contributed by atoms with Gasteiger partial charge in [0.05, 0.1) is 0 Å². The molecule has 0 radical (unpaired) electrons. The summed E-state index contributed by atoms with van der Waals surface area (Å²) in [5.41, 5.74) is 2.12. The Balaban J connectivity index is 2.86. The van der Waals surface area contributed by atoms with Gasteiger partial charge in [-0.3, -0.25) is 0 Å². The van der Waals surface area contributed by atoms with Gasteiger partial charge in [-0.2, -0.15) is 0 Å². The molecular formula is C14H16O2. The van der Waals surface area contributed by atoms with Crippen LogP contribution in [0.25, 0.3) is 10.8 Å². The number of aromatic hydroxyl groups is 2. The van der Waals surface area contributed by atoms with Crippen molar-refractivity contribution in [3.63, 3.8) is 0 Å². The molecule has 0 saturated heterocycles. The highest BCUT2D eigenvalue weighted by Gasteiger charge is 2.10. The van der Waals surface area contributed by atoms with Crippen LogP contribution in [0, 0.1) is 0 Å². The molecule has 0 amide bonds. The van der Waals surface area contributed by atoms with Crippen LogP contribution in [0.15, 0.2) is 24.3 Å². The van der Waals surface area contributed by atoms with Gasteiger partial charge in [-0.1, -0.05) is 19.9 Å². The van der Waals surface area contributed by atoms with E-state index in [1.807, 2.05) is 13.0 Å². The van der Waals surface area contributed by atoms with Gasteiger partial charge in [0.1, 0.15) is 11.5 Å². The average molecular weight is 216 g/mol. The van der Waals surface area contributed by atoms with E-state index in [1.54, 1.807) is 18.2 Å². The van der Waals surface area contributed by atoms with E-state index in [4.69, 9.17) is 0 Å². The molecule has 0 bridgehead atoms. The highest BCUT2D eigenvalue weighted by atomic mass is 16.3. The Labute approximate surface area is 95.2 Å². The van der Waals surface area contributed by atoms with Gasteiger partial charge >= 0.3 is 0 Å². The lowest BCUT2D eigenvalue weighted by Crippen LogP contribution is -1.93. The molecule has 2 nitrogen and oxygen atoms in total. The summed E-state index contributed by atoms with van der Waals surface area (Å²) in [4.78, 5) is 0. The van der Waals surface area contributed by atoms with Crippen molar-refractivity contribution < 1.29 is 10.2 Å². The van der Waals surface area contributed by atoms with Crippen LogP contribution in [0.1, 0.15) is 25.0 Å².